The van der Waals surface area contributed by atoms with Gasteiger partial charge in [0, 0.05) is 23.0 Å². The Hall–Kier alpha value is -2.13. The van der Waals surface area contributed by atoms with Crippen LogP contribution < -0.4 is 4.90 Å². The molecule has 0 unspecified atom stereocenters. The summed E-state index contributed by atoms with van der Waals surface area (Å²) in [5.74, 6) is 0. The first-order chi connectivity index (χ1) is 9.95. The third-order valence-corrected chi connectivity index (χ3v) is 3.40. The quantitative estimate of drug-likeness (QED) is 0.618. The molecule has 0 aliphatic heterocycles. The lowest BCUT2D eigenvalue weighted by atomic mass is 10.2. The second kappa shape index (κ2) is 7.46. The molecule has 102 valence electrons. The van der Waals surface area contributed by atoms with E-state index in [1.807, 2.05) is 61.8 Å². The Morgan fingerprint density at radius 1 is 0.800 bits per heavy atom. The monoisotopic (exact) mass is 282 g/mol. The van der Waals surface area contributed by atoms with Crippen LogP contribution in [0.15, 0.2) is 72.2 Å². The van der Waals surface area contributed by atoms with Crippen molar-refractivity contribution in [1.82, 2.24) is 4.98 Å². The molecule has 0 saturated heterocycles. The first-order valence-electron chi connectivity index (χ1n) is 6.75. The number of thiazole rings is 1. The highest BCUT2D eigenvalue weighted by atomic mass is 32.1. The van der Waals surface area contributed by atoms with Crippen molar-refractivity contribution < 1.29 is 0 Å². The van der Waals surface area contributed by atoms with Gasteiger partial charge in [0.25, 0.3) is 0 Å². The summed E-state index contributed by atoms with van der Waals surface area (Å²) in [7, 11) is 0. The summed E-state index contributed by atoms with van der Waals surface area (Å²) in [5, 5.41) is 2.97. The van der Waals surface area contributed by atoms with E-state index >= 15 is 0 Å². The summed E-state index contributed by atoms with van der Waals surface area (Å²) < 4.78 is 0. The van der Waals surface area contributed by atoms with Crippen molar-refractivity contribution in [2.75, 3.05) is 4.90 Å². The fourth-order valence-electron chi connectivity index (χ4n) is 1.85. The molecule has 3 heteroatoms. The molecule has 0 N–H and O–H groups in total. The van der Waals surface area contributed by atoms with E-state index in [1.54, 1.807) is 11.3 Å². The van der Waals surface area contributed by atoms with Crippen molar-refractivity contribution in [2.24, 2.45) is 0 Å². The van der Waals surface area contributed by atoms with Crippen LogP contribution in [0.1, 0.15) is 13.8 Å². The van der Waals surface area contributed by atoms with Crippen LogP contribution in [-0.2, 0) is 0 Å². The van der Waals surface area contributed by atoms with Gasteiger partial charge in [-0.05, 0) is 24.3 Å². The van der Waals surface area contributed by atoms with Crippen molar-refractivity contribution in [2.45, 2.75) is 13.8 Å². The molecule has 20 heavy (non-hydrogen) atoms. The average molecular weight is 282 g/mol. The molecule has 2 aromatic carbocycles. The lowest BCUT2D eigenvalue weighted by Gasteiger charge is -2.21. The Morgan fingerprint density at radius 2 is 1.30 bits per heavy atom. The molecule has 0 atom stereocenters. The molecule has 0 spiro atoms. The van der Waals surface area contributed by atoms with Gasteiger partial charge >= 0.3 is 0 Å². The van der Waals surface area contributed by atoms with Gasteiger partial charge in [0.2, 0.25) is 0 Å². The average Bonchev–Trinajstić information content (AvgIpc) is 3.06. The number of hydrogen-bond donors (Lipinski definition) is 0. The Labute approximate surface area is 124 Å². The van der Waals surface area contributed by atoms with Gasteiger partial charge in [-0.3, -0.25) is 4.90 Å². The minimum absolute atomic E-state index is 0.979. The standard InChI is InChI=1S/C15H12N2S.C2H6/c1-3-7-13(8-4-1)17(15-16-11-12-18-15)14-9-5-2-6-10-14;1-2/h1-12H;1-2H3. The lowest BCUT2D eigenvalue weighted by Crippen LogP contribution is -2.08. The van der Waals surface area contributed by atoms with Gasteiger partial charge in [-0.1, -0.05) is 50.2 Å². The zero-order valence-corrected chi connectivity index (χ0v) is 12.5. The number of anilines is 3. The van der Waals surface area contributed by atoms with Gasteiger partial charge in [0.15, 0.2) is 5.13 Å². The third kappa shape index (κ3) is 3.25. The highest BCUT2D eigenvalue weighted by Crippen LogP contribution is 2.34. The Bertz CT molecular complexity index is 552. The Morgan fingerprint density at radius 3 is 1.70 bits per heavy atom. The molecule has 0 fully saturated rings. The predicted octanol–water partition coefficient (Wildman–Crippen LogP) is 5.64. The van der Waals surface area contributed by atoms with E-state index in [1.165, 1.54) is 0 Å². The molecule has 0 aliphatic rings. The summed E-state index contributed by atoms with van der Waals surface area (Å²) in [6, 6.07) is 20.6. The van der Waals surface area contributed by atoms with Crippen molar-refractivity contribution in [3.05, 3.63) is 72.2 Å². The van der Waals surface area contributed by atoms with E-state index in [2.05, 4.69) is 34.1 Å². The maximum absolute atomic E-state index is 4.41. The highest BCUT2D eigenvalue weighted by Gasteiger charge is 2.13. The van der Waals surface area contributed by atoms with Gasteiger partial charge < -0.3 is 0 Å². The summed E-state index contributed by atoms with van der Waals surface area (Å²) >= 11 is 1.64. The lowest BCUT2D eigenvalue weighted by molar-refractivity contribution is 1.23. The largest absolute Gasteiger partial charge is 0.286 e. The first-order valence-corrected chi connectivity index (χ1v) is 7.63. The van der Waals surface area contributed by atoms with E-state index in [-0.39, 0.29) is 0 Å². The van der Waals surface area contributed by atoms with Gasteiger partial charge in [-0.15, -0.1) is 11.3 Å². The molecule has 1 aromatic heterocycles. The van der Waals surface area contributed by atoms with Crippen molar-refractivity contribution >= 4 is 27.8 Å². The fraction of sp³-hybridized carbons (Fsp3) is 0.118. The Kier molecular flexibility index (Phi) is 5.33. The van der Waals surface area contributed by atoms with Gasteiger partial charge in [-0.2, -0.15) is 0 Å². The number of rotatable bonds is 3. The van der Waals surface area contributed by atoms with E-state index < -0.39 is 0 Å². The second-order valence-corrected chi connectivity index (χ2v) is 4.69. The summed E-state index contributed by atoms with van der Waals surface area (Å²) in [6.45, 7) is 4.00. The number of para-hydroxylation sites is 2. The van der Waals surface area contributed by atoms with Crippen LogP contribution in [0.3, 0.4) is 0 Å². The molecule has 3 rings (SSSR count). The van der Waals surface area contributed by atoms with Crippen molar-refractivity contribution in [3.8, 4) is 0 Å². The van der Waals surface area contributed by atoms with Crippen LogP contribution in [0.25, 0.3) is 0 Å². The van der Waals surface area contributed by atoms with Crippen LogP contribution in [0.4, 0.5) is 16.5 Å². The van der Waals surface area contributed by atoms with E-state index in [0.29, 0.717) is 0 Å². The van der Waals surface area contributed by atoms with Crippen LogP contribution in [0, 0.1) is 0 Å². The maximum Gasteiger partial charge on any atom is 0.194 e. The van der Waals surface area contributed by atoms with E-state index in [4.69, 9.17) is 0 Å². The normalized spacial score (nSPS) is 9.50. The van der Waals surface area contributed by atoms with E-state index in [0.717, 1.165) is 16.5 Å². The van der Waals surface area contributed by atoms with Crippen molar-refractivity contribution in [3.63, 3.8) is 0 Å². The zero-order chi connectivity index (χ0) is 14.2. The number of aromatic nitrogens is 1. The molecular weight excluding hydrogens is 264 g/mol. The molecule has 2 nitrogen and oxygen atoms in total. The summed E-state index contributed by atoms with van der Waals surface area (Å²) in [6.07, 6.45) is 1.83. The molecule has 0 bridgehead atoms. The highest BCUT2D eigenvalue weighted by molar-refractivity contribution is 7.13. The van der Waals surface area contributed by atoms with Crippen LogP contribution in [0.5, 0.6) is 0 Å². The van der Waals surface area contributed by atoms with Crippen molar-refractivity contribution in [1.29, 1.82) is 0 Å². The minimum atomic E-state index is 0.979. The minimum Gasteiger partial charge on any atom is -0.286 e. The van der Waals surface area contributed by atoms with Crippen LogP contribution in [-0.4, -0.2) is 4.98 Å². The van der Waals surface area contributed by atoms with Crippen LogP contribution >= 0.6 is 11.3 Å². The first kappa shape index (κ1) is 14.3. The number of benzene rings is 2. The molecule has 0 saturated carbocycles. The zero-order valence-electron chi connectivity index (χ0n) is 11.7. The van der Waals surface area contributed by atoms with E-state index in [9.17, 15) is 0 Å². The molecule has 0 radical (unpaired) electrons. The number of nitrogens with zero attached hydrogens (tertiary/aromatic N) is 2. The summed E-state index contributed by atoms with van der Waals surface area (Å²) in [5.41, 5.74) is 2.25. The summed E-state index contributed by atoms with van der Waals surface area (Å²) in [4.78, 5) is 6.57. The maximum atomic E-state index is 4.41. The molecular formula is C17H18N2S. The smallest absolute Gasteiger partial charge is 0.194 e. The van der Waals surface area contributed by atoms with Gasteiger partial charge in [-0.25, -0.2) is 4.98 Å². The van der Waals surface area contributed by atoms with Crippen LogP contribution in [0.2, 0.25) is 0 Å². The molecule has 1 heterocycles. The second-order valence-electron chi connectivity index (χ2n) is 3.82. The Balaban J connectivity index is 0.000000704. The molecule has 0 amide bonds. The fourth-order valence-corrected chi connectivity index (χ4v) is 2.53. The SMILES string of the molecule is CC.c1ccc(N(c2ccccc2)c2nccs2)cc1. The number of hydrogen-bond acceptors (Lipinski definition) is 3. The third-order valence-electron chi connectivity index (χ3n) is 2.64. The molecule has 3 aromatic rings. The molecule has 0 aliphatic carbocycles. The predicted molar refractivity (Wildman–Crippen MR) is 88.1 cm³/mol. The topological polar surface area (TPSA) is 16.1 Å². The van der Waals surface area contributed by atoms with Gasteiger partial charge in [0.05, 0.1) is 0 Å². The van der Waals surface area contributed by atoms with Gasteiger partial charge in [0.1, 0.15) is 0 Å².